The Morgan fingerprint density at radius 1 is 1.33 bits per heavy atom. The third kappa shape index (κ3) is 4.22. The Morgan fingerprint density at radius 2 is 2.25 bits per heavy atom. The van der Waals surface area contributed by atoms with Crippen LogP contribution >= 0.6 is 0 Å². The first-order valence-electron chi connectivity index (χ1n) is 8.19. The highest BCUT2D eigenvalue weighted by Gasteiger charge is 2.26. The minimum Gasteiger partial charge on any atom is -0.472 e. The van der Waals surface area contributed by atoms with Crippen molar-refractivity contribution < 1.29 is 4.74 Å². The zero-order valence-corrected chi connectivity index (χ0v) is 14.1. The van der Waals surface area contributed by atoms with E-state index >= 15 is 0 Å². The Kier molecular flexibility index (Phi) is 5.25. The van der Waals surface area contributed by atoms with Crippen LogP contribution in [-0.2, 0) is 6.54 Å². The second kappa shape index (κ2) is 7.77. The van der Waals surface area contributed by atoms with Gasteiger partial charge in [-0.2, -0.15) is 0 Å². The van der Waals surface area contributed by atoms with Crippen LogP contribution in [0.3, 0.4) is 0 Å². The molecule has 6 heteroatoms. The number of likely N-dealkylation sites (tertiary alicyclic amines) is 1. The molecule has 1 saturated heterocycles. The smallest absolute Gasteiger partial charge is 0.213 e. The van der Waals surface area contributed by atoms with E-state index in [0.717, 1.165) is 36.7 Å². The van der Waals surface area contributed by atoms with Crippen LogP contribution in [0.5, 0.6) is 5.88 Å². The van der Waals surface area contributed by atoms with Crippen molar-refractivity contribution in [3.05, 3.63) is 54.0 Å². The van der Waals surface area contributed by atoms with Gasteiger partial charge in [-0.15, -0.1) is 0 Å². The van der Waals surface area contributed by atoms with Gasteiger partial charge in [0, 0.05) is 50.7 Å². The molecule has 2 aromatic rings. The lowest BCUT2D eigenvalue weighted by atomic mass is 10.2. The molecule has 1 N–H and O–H groups in total. The molecule has 2 aromatic heterocycles. The lowest BCUT2D eigenvalue weighted by molar-refractivity contribution is 0.205. The molecule has 126 valence electrons. The molecule has 3 rings (SSSR count). The zero-order valence-electron chi connectivity index (χ0n) is 14.1. The fraction of sp³-hybridized carbons (Fsp3) is 0.389. The normalized spacial score (nSPS) is 17.8. The number of ether oxygens (including phenoxy) is 1. The van der Waals surface area contributed by atoms with Crippen LogP contribution in [-0.4, -0.2) is 47.1 Å². The maximum atomic E-state index is 5.93. The highest BCUT2D eigenvalue weighted by molar-refractivity contribution is 5.80. The molecule has 0 aliphatic carbocycles. The Hall–Kier alpha value is -2.63. The van der Waals surface area contributed by atoms with E-state index in [-0.39, 0.29) is 6.10 Å². The lowest BCUT2D eigenvalue weighted by Gasteiger charge is -2.21. The quantitative estimate of drug-likeness (QED) is 0.688. The molecule has 0 radical (unpaired) electrons. The fourth-order valence-electron chi connectivity index (χ4n) is 2.72. The average molecular weight is 325 g/mol. The lowest BCUT2D eigenvalue weighted by Crippen LogP contribution is -2.40. The van der Waals surface area contributed by atoms with Crippen molar-refractivity contribution in [2.45, 2.75) is 26.0 Å². The van der Waals surface area contributed by atoms with Crippen molar-refractivity contribution in [3.8, 4) is 5.88 Å². The van der Waals surface area contributed by atoms with E-state index in [2.05, 4.69) is 31.2 Å². The summed E-state index contributed by atoms with van der Waals surface area (Å²) in [7, 11) is 1.81. The second-order valence-corrected chi connectivity index (χ2v) is 5.85. The van der Waals surface area contributed by atoms with Crippen LogP contribution in [0.15, 0.2) is 47.7 Å². The molecule has 1 aliphatic heterocycles. The Morgan fingerprint density at radius 3 is 2.96 bits per heavy atom. The number of pyridine rings is 2. The summed E-state index contributed by atoms with van der Waals surface area (Å²) in [6.07, 6.45) is 4.74. The molecule has 3 heterocycles. The number of aromatic nitrogens is 2. The van der Waals surface area contributed by atoms with Crippen LogP contribution in [0.2, 0.25) is 0 Å². The number of guanidine groups is 1. The predicted octanol–water partition coefficient (Wildman–Crippen LogP) is 2.01. The van der Waals surface area contributed by atoms with Crippen molar-refractivity contribution in [1.29, 1.82) is 0 Å². The number of rotatable bonds is 4. The molecule has 0 bridgehead atoms. The van der Waals surface area contributed by atoms with Gasteiger partial charge in [-0.05, 0) is 24.6 Å². The Balaban J connectivity index is 1.52. The monoisotopic (exact) mass is 325 g/mol. The van der Waals surface area contributed by atoms with E-state index in [9.17, 15) is 0 Å². The summed E-state index contributed by atoms with van der Waals surface area (Å²) in [5, 5.41) is 3.40. The molecule has 1 aliphatic rings. The zero-order chi connectivity index (χ0) is 16.8. The molecule has 1 atom stereocenters. The van der Waals surface area contributed by atoms with Gasteiger partial charge >= 0.3 is 0 Å². The molecular formula is C18H23N5O. The molecule has 0 amide bonds. The maximum Gasteiger partial charge on any atom is 0.213 e. The van der Waals surface area contributed by atoms with Crippen LogP contribution in [0, 0.1) is 6.92 Å². The topological polar surface area (TPSA) is 62.6 Å². The van der Waals surface area contributed by atoms with Crippen LogP contribution in [0.4, 0.5) is 0 Å². The van der Waals surface area contributed by atoms with Gasteiger partial charge in [0.1, 0.15) is 6.10 Å². The van der Waals surface area contributed by atoms with Crippen LogP contribution < -0.4 is 10.1 Å². The summed E-state index contributed by atoms with van der Waals surface area (Å²) >= 11 is 0. The van der Waals surface area contributed by atoms with Gasteiger partial charge in [0.05, 0.1) is 6.54 Å². The van der Waals surface area contributed by atoms with E-state index in [1.54, 1.807) is 6.20 Å². The maximum absolute atomic E-state index is 5.93. The summed E-state index contributed by atoms with van der Waals surface area (Å²) in [6, 6.07) is 9.82. The Bertz CT molecular complexity index is 672. The van der Waals surface area contributed by atoms with Crippen LogP contribution in [0.1, 0.15) is 17.7 Å². The highest BCUT2D eigenvalue weighted by Crippen LogP contribution is 2.16. The molecule has 6 nitrogen and oxygen atoms in total. The molecule has 1 unspecified atom stereocenters. The first-order chi connectivity index (χ1) is 11.7. The summed E-state index contributed by atoms with van der Waals surface area (Å²) in [5.41, 5.74) is 2.17. The standard InChI is InChI=1S/C18H23N5O/c1-14-6-7-15(11-21-14)12-22-18(19-2)23-10-8-16(13-23)24-17-5-3-4-9-20-17/h3-7,9,11,16H,8,10,12-13H2,1-2H3,(H,19,22). The van der Waals surface area contributed by atoms with E-state index in [1.807, 2.05) is 44.4 Å². The van der Waals surface area contributed by atoms with E-state index in [0.29, 0.717) is 12.4 Å². The number of aliphatic imine (C=N–C) groups is 1. The van der Waals surface area contributed by atoms with E-state index in [1.165, 1.54) is 0 Å². The van der Waals surface area contributed by atoms with Crippen molar-refractivity contribution in [1.82, 2.24) is 20.2 Å². The van der Waals surface area contributed by atoms with Gasteiger partial charge in [0.2, 0.25) is 5.88 Å². The number of hydrogen-bond donors (Lipinski definition) is 1. The van der Waals surface area contributed by atoms with E-state index < -0.39 is 0 Å². The van der Waals surface area contributed by atoms with E-state index in [4.69, 9.17) is 4.74 Å². The third-order valence-electron chi connectivity index (χ3n) is 4.00. The average Bonchev–Trinajstić information content (AvgIpc) is 3.06. The summed E-state index contributed by atoms with van der Waals surface area (Å²) in [4.78, 5) is 15.1. The first kappa shape index (κ1) is 16.2. The highest BCUT2D eigenvalue weighted by atomic mass is 16.5. The molecule has 0 spiro atoms. The number of nitrogens with one attached hydrogen (secondary N) is 1. The van der Waals surface area contributed by atoms with Gasteiger partial charge in [0.25, 0.3) is 0 Å². The van der Waals surface area contributed by atoms with Crippen molar-refractivity contribution in [3.63, 3.8) is 0 Å². The minimum atomic E-state index is 0.138. The van der Waals surface area contributed by atoms with Crippen molar-refractivity contribution in [2.75, 3.05) is 20.1 Å². The molecule has 0 aromatic carbocycles. The molecular weight excluding hydrogens is 302 g/mol. The summed E-state index contributed by atoms with van der Waals surface area (Å²) < 4.78 is 5.93. The number of hydrogen-bond acceptors (Lipinski definition) is 4. The summed E-state index contributed by atoms with van der Waals surface area (Å²) in [5.74, 6) is 1.57. The van der Waals surface area contributed by atoms with Gasteiger partial charge in [-0.1, -0.05) is 12.1 Å². The van der Waals surface area contributed by atoms with Gasteiger partial charge < -0.3 is 15.0 Å². The van der Waals surface area contributed by atoms with Gasteiger partial charge in [-0.3, -0.25) is 9.98 Å². The van der Waals surface area contributed by atoms with Crippen LogP contribution in [0.25, 0.3) is 0 Å². The minimum absolute atomic E-state index is 0.138. The summed E-state index contributed by atoms with van der Waals surface area (Å²) in [6.45, 7) is 4.43. The van der Waals surface area contributed by atoms with Gasteiger partial charge in [-0.25, -0.2) is 4.98 Å². The number of aryl methyl sites for hydroxylation is 1. The predicted molar refractivity (Wildman–Crippen MR) is 94.0 cm³/mol. The number of nitrogens with zero attached hydrogens (tertiary/aromatic N) is 4. The molecule has 1 fully saturated rings. The van der Waals surface area contributed by atoms with Crippen molar-refractivity contribution >= 4 is 5.96 Å². The fourth-order valence-corrected chi connectivity index (χ4v) is 2.72. The Labute approximate surface area is 142 Å². The largest absolute Gasteiger partial charge is 0.472 e. The molecule has 0 saturated carbocycles. The second-order valence-electron chi connectivity index (χ2n) is 5.85. The van der Waals surface area contributed by atoms with Gasteiger partial charge in [0.15, 0.2) is 5.96 Å². The first-order valence-corrected chi connectivity index (χ1v) is 8.19. The third-order valence-corrected chi connectivity index (χ3v) is 4.00. The van der Waals surface area contributed by atoms with Crippen molar-refractivity contribution in [2.24, 2.45) is 4.99 Å². The SMILES string of the molecule is CN=C(NCc1ccc(C)nc1)N1CCC(Oc2ccccn2)C1. The molecule has 24 heavy (non-hydrogen) atoms.